The second kappa shape index (κ2) is 4.90. The van der Waals surface area contributed by atoms with E-state index in [4.69, 9.17) is 18.0 Å². The summed E-state index contributed by atoms with van der Waals surface area (Å²) in [6.45, 7) is 6.27. The lowest BCUT2D eigenvalue weighted by molar-refractivity contribution is 0.100. The monoisotopic (exact) mass is 336 g/mol. The molecule has 0 radical (unpaired) electrons. The van der Waals surface area contributed by atoms with Crippen molar-refractivity contribution in [3.8, 4) is 11.1 Å². The summed E-state index contributed by atoms with van der Waals surface area (Å²) >= 11 is 5.52. The maximum atomic E-state index is 11.8. The molecule has 0 spiro atoms. The van der Waals surface area contributed by atoms with E-state index in [2.05, 4.69) is 32.2 Å². The summed E-state index contributed by atoms with van der Waals surface area (Å²) in [7, 11) is 3.32. The van der Waals surface area contributed by atoms with Crippen LogP contribution in [0.4, 0.5) is 5.69 Å². The Kier molecular flexibility index (Phi) is 3.43. The van der Waals surface area contributed by atoms with Gasteiger partial charge >= 0.3 is 0 Å². The zero-order valence-electron chi connectivity index (χ0n) is 12.1. The molecule has 0 aliphatic carbocycles. The van der Waals surface area contributed by atoms with E-state index in [1.54, 1.807) is 20.7 Å². The summed E-state index contributed by atoms with van der Waals surface area (Å²) in [6.07, 6.45) is 0.854. The third-order valence-electron chi connectivity index (χ3n) is 3.78. The van der Waals surface area contributed by atoms with Crippen molar-refractivity contribution in [1.29, 1.82) is 0 Å². The van der Waals surface area contributed by atoms with Crippen LogP contribution in [0.3, 0.4) is 0 Å². The van der Waals surface area contributed by atoms with Crippen LogP contribution in [0, 0.1) is 3.82 Å². The smallest absolute Gasteiger partial charge is 0.250 e. The Labute approximate surface area is 136 Å². The zero-order valence-corrected chi connectivity index (χ0v) is 14.5. The summed E-state index contributed by atoms with van der Waals surface area (Å²) in [5, 5.41) is 3.48. The van der Waals surface area contributed by atoms with Crippen molar-refractivity contribution in [3.63, 3.8) is 0 Å². The number of nitrogens with two attached hydrogens (primary N) is 1. The van der Waals surface area contributed by atoms with E-state index in [1.807, 2.05) is 6.07 Å². The lowest BCUT2D eigenvalue weighted by Crippen LogP contribution is -2.32. The van der Waals surface area contributed by atoms with Crippen molar-refractivity contribution in [3.05, 3.63) is 32.0 Å². The van der Waals surface area contributed by atoms with Crippen LogP contribution in [0.1, 0.15) is 41.6 Å². The highest BCUT2D eigenvalue weighted by Crippen LogP contribution is 2.49. The zero-order chi connectivity index (χ0) is 15.4. The highest BCUT2D eigenvalue weighted by molar-refractivity contribution is 7.80. The average molecular weight is 337 g/mol. The molecule has 1 aromatic carbocycles. The maximum absolute atomic E-state index is 11.8. The molecule has 1 aromatic heterocycles. The van der Waals surface area contributed by atoms with Gasteiger partial charge in [-0.2, -0.15) is 0 Å². The summed E-state index contributed by atoms with van der Waals surface area (Å²) in [6, 6.07) is 4.01. The van der Waals surface area contributed by atoms with E-state index in [-0.39, 0.29) is 5.54 Å². The van der Waals surface area contributed by atoms with Crippen molar-refractivity contribution in [2.45, 2.75) is 32.7 Å². The average Bonchev–Trinajstić information content (AvgIpc) is 2.81. The molecule has 1 amide bonds. The number of carbonyl (C=O) groups is 1. The van der Waals surface area contributed by atoms with E-state index >= 15 is 0 Å². The first kappa shape index (κ1) is 14.7. The Morgan fingerprint density at radius 2 is 2.10 bits per heavy atom. The summed E-state index contributed by atoms with van der Waals surface area (Å²) < 4.78 is 0.884. The van der Waals surface area contributed by atoms with Gasteiger partial charge in [-0.15, -0.1) is 0 Å². The van der Waals surface area contributed by atoms with E-state index in [1.165, 1.54) is 4.88 Å². The van der Waals surface area contributed by atoms with E-state index in [0.29, 0.717) is 5.56 Å². The minimum atomic E-state index is -0.405. The molecule has 0 unspecified atom stereocenters. The van der Waals surface area contributed by atoms with Gasteiger partial charge in [0, 0.05) is 11.1 Å². The molecule has 2 heterocycles. The first-order valence-electron chi connectivity index (χ1n) is 6.74. The fourth-order valence-electron chi connectivity index (χ4n) is 2.71. The Morgan fingerprint density at radius 3 is 2.71 bits per heavy atom. The SMILES string of the molecule is CCc1cc(C(N)=O)c2c(c1)-c1c(ssc1=S)C(C)(C)N2. The second-order valence-corrected chi connectivity index (χ2v) is 8.51. The first-order valence-corrected chi connectivity index (χ1v) is 9.30. The number of fused-ring (bicyclic) bond motifs is 3. The fraction of sp³-hybridized carbons (Fsp3) is 0.333. The summed E-state index contributed by atoms with van der Waals surface area (Å²) in [5.74, 6) is -0.405. The third kappa shape index (κ3) is 2.22. The molecule has 1 aliphatic heterocycles. The molecule has 0 atom stereocenters. The quantitative estimate of drug-likeness (QED) is 0.626. The fourth-order valence-corrected chi connectivity index (χ4v) is 5.96. The topological polar surface area (TPSA) is 55.1 Å². The van der Waals surface area contributed by atoms with Gasteiger partial charge < -0.3 is 11.1 Å². The lowest BCUT2D eigenvalue weighted by Gasteiger charge is -2.34. The third-order valence-corrected chi connectivity index (χ3v) is 7.12. The molecule has 3 N–H and O–H groups in total. The number of nitrogens with one attached hydrogen (secondary N) is 1. The normalized spacial score (nSPS) is 15.0. The molecule has 3 nitrogen and oxygen atoms in total. The maximum Gasteiger partial charge on any atom is 0.250 e. The van der Waals surface area contributed by atoms with E-state index in [9.17, 15) is 4.79 Å². The number of carbonyl (C=O) groups excluding carboxylic acids is 1. The van der Waals surface area contributed by atoms with Crippen LogP contribution in [0.15, 0.2) is 12.1 Å². The molecule has 0 saturated heterocycles. The van der Waals surface area contributed by atoms with Crippen molar-refractivity contribution in [2.75, 3.05) is 5.32 Å². The number of hydrogen-bond acceptors (Lipinski definition) is 5. The Bertz CT molecular complexity index is 802. The molecule has 6 heteroatoms. The Hall–Kier alpha value is -1.24. The van der Waals surface area contributed by atoms with Gasteiger partial charge in [0.15, 0.2) is 0 Å². The van der Waals surface area contributed by atoms with Crippen LogP contribution >= 0.6 is 32.9 Å². The molecule has 0 bridgehead atoms. The van der Waals surface area contributed by atoms with Crippen LogP contribution in [-0.2, 0) is 12.0 Å². The van der Waals surface area contributed by atoms with Crippen LogP contribution < -0.4 is 11.1 Å². The van der Waals surface area contributed by atoms with Gasteiger partial charge in [-0.1, -0.05) is 39.8 Å². The number of anilines is 1. The molecule has 1 aliphatic rings. The van der Waals surface area contributed by atoms with Gasteiger partial charge in [0.05, 0.1) is 21.7 Å². The van der Waals surface area contributed by atoms with Crippen LogP contribution in [0.25, 0.3) is 11.1 Å². The minimum Gasteiger partial charge on any atom is -0.374 e. The molecular formula is C15H16N2OS3. The highest BCUT2D eigenvalue weighted by atomic mass is 32.9. The molecule has 3 rings (SSSR count). The van der Waals surface area contributed by atoms with E-state index in [0.717, 1.165) is 32.6 Å². The summed E-state index contributed by atoms with van der Waals surface area (Å²) in [5.41, 5.74) is 9.90. The van der Waals surface area contributed by atoms with Crippen molar-refractivity contribution >= 4 is 44.5 Å². The number of benzene rings is 1. The van der Waals surface area contributed by atoms with Crippen molar-refractivity contribution in [1.82, 2.24) is 0 Å². The van der Waals surface area contributed by atoms with Crippen molar-refractivity contribution in [2.24, 2.45) is 5.73 Å². The standard InChI is InChI=1S/C15H16N2OS3/c1-4-7-5-8-10-12(20-21-14(10)19)15(2,3)17-11(8)9(6-7)13(16)18/h5-6,17H,4H2,1-3H3,(H2,16,18). The molecule has 110 valence electrons. The first-order chi connectivity index (χ1) is 9.85. The highest BCUT2D eigenvalue weighted by Gasteiger charge is 2.35. The van der Waals surface area contributed by atoms with Gasteiger partial charge in [-0.25, -0.2) is 0 Å². The van der Waals surface area contributed by atoms with Crippen LogP contribution in [0.5, 0.6) is 0 Å². The lowest BCUT2D eigenvalue weighted by atomic mass is 9.87. The second-order valence-electron chi connectivity index (χ2n) is 5.69. The van der Waals surface area contributed by atoms with Gasteiger partial charge in [0.2, 0.25) is 0 Å². The van der Waals surface area contributed by atoms with Gasteiger partial charge in [-0.05, 0) is 38.0 Å². The number of hydrogen-bond donors (Lipinski definition) is 2. The minimum absolute atomic E-state index is 0.251. The molecule has 0 fully saturated rings. The predicted octanol–water partition coefficient (Wildman–Crippen LogP) is 4.53. The molecule has 21 heavy (non-hydrogen) atoms. The number of rotatable bonds is 2. The Morgan fingerprint density at radius 1 is 1.38 bits per heavy atom. The van der Waals surface area contributed by atoms with Gasteiger partial charge in [0.1, 0.15) is 3.82 Å². The molecular weight excluding hydrogens is 320 g/mol. The van der Waals surface area contributed by atoms with Gasteiger partial charge in [-0.3, -0.25) is 4.79 Å². The number of amides is 1. The van der Waals surface area contributed by atoms with Crippen LogP contribution in [0.2, 0.25) is 0 Å². The van der Waals surface area contributed by atoms with Crippen LogP contribution in [-0.4, -0.2) is 5.91 Å². The number of primary amides is 1. The number of aryl methyl sites for hydroxylation is 1. The largest absolute Gasteiger partial charge is 0.374 e. The predicted molar refractivity (Wildman–Crippen MR) is 93.0 cm³/mol. The van der Waals surface area contributed by atoms with E-state index < -0.39 is 5.91 Å². The molecule has 2 aromatic rings. The summed E-state index contributed by atoms with van der Waals surface area (Å²) in [4.78, 5) is 13.1. The van der Waals surface area contributed by atoms with Gasteiger partial charge in [0.25, 0.3) is 5.91 Å². The Balaban J connectivity index is 2.41. The van der Waals surface area contributed by atoms with Crippen molar-refractivity contribution < 1.29 is 4.79 Å². The molecule has 0 saturated carbocycles.